The minimum Gasteiger partial charge on any atom is -0.485 e. The SMILES string of the molecule is Cc1ccc(C(C)C)c(OCc2nc3c4sc5nc(C)cc(C)c5c4ncn3n2)c1. The zero-order valence-electron chi connectivity index (χ0n) is 17.7. The molecule has 30 heavy (non-hydrogen) atoms. The summed E-state index contributed by atoms with van der Waals surface area (Å²) < 4.78 is 8.87. The Morgan fingerprint density at radius 1 is 1.10 bits per heavy atom. The third-order valence-corrected chi connectivity index (χ3v) is 6.35. The molecule has 5 aromatic rings. The van der Waals surface area contributed by atoms with Crippen LogP contribution < -0.4 is 4.74 Å². The van der Waals surface area contributed by atoms with Crippen molar-refractivity contribution in [1.29, 1.82) is 0 Å². The van der Waals surface area contributed by atoms with Crippen LogP contribution in [0.2, 0.25) is 0 Å². The van der Waals surface area contributed by atoms with Crippen LogP contribution in [-0.4, -0.2) is 24.6 Å². The van der Waals surface area contributed by atoms with Gasteiger partial charge in [0.25, 0.3) is 0 Å². The van der Waals surface area contributed by atoms with E-state index in [-0.39, 0.29) is 0 Å². The fourth-order valence-corrected chi connectivity index (χ4v) is 5.08. The van der Waals surface area contributed by atoms with Crippen molar-refractivity contribution < 1.29 is 4.74 Å². The van der Waals surface area contributed by atoms with E-state index in [0.717, 1.165) is 37.5 Å². The van der Waals surface area contributed by atoms with Crippen molar-refractivity contribution >= 4 is 37.4 Å². The second kappa shape index (κ2) is 7.02. The number of fused-ring (bicyclic) bond motifs is 5. The second-order valence-electron chi connectivity index (χ2n) is 8.07. The van der Waals surface area contributed by atoms with Gasteiger partial charge in [-0.2, -0.15) is 0 Å². The molecular formula is C23H23N5OS. The number of aryl methyl sites for hydroxylation is 3. The zero-order valence-corrected chi connectivity index (χ0v) is 18.5. The van der Waals surface area contributed by atoms with Crippen LogP contribution in [0.15, 0.2) is 30.6 Å². The van der Waals surface area contributed by atoms with E-state index in [1.165, 1.54) is 16.7 Å². The molecule has 5 rings (SSSR count). The van der Waals surface area contributed by atoms with E-state index in [2.05, 4.69) is 62.0 Å². The maximum Gasteiger partial charge on any atom is 0.189 e. The highest BCUT2D eigenvalue weighted by Gasteiger charge is 2.17. The van der Waals surface area contributed by atoms with Gasteiger partial charge in [0, 0.05) is 11.1 Å². The molecule has 0 saturated carbocycles. The molecule has 4 heterocycles. The Labute approximate surface area is 178 Å². The number of benzene rings is 1. The molecule has 0 fully saturated rings. The number of ether oxygens (including phenoxy) is 1. The highest BCUT2D eigenvalue weighted by molar-refractivity contribution is 7.26. The molecule has 0 amide bonds. The Morgan fingerprint density at radius 3 is 2.73 bits per heavy atom. The van der Waals surface area contributed by atoms with Gasteiger partial charge in [-0.1, -0.05) is 26.0 Å². The van der Waals surface area contributed by atoms with Crippen LogP contribution in [0.4, 0.5) is 0 Å². The number of nitrogens with zero attached hydrogens (tertiary/aromatic N) is 5. The molecule has 0 atom stereocenters. The monoisotopic (exact) mass is 417 g/mol. The summed E-state index contributed by atoms with van der Waals surface area (Å²) in [5.74, 6) is 1.92. The fourth-order valence-electron chi connectivity index (χ4n) is 3.86. The summed E-state index contributed by atoms with van der Waals surface area (Å²) in [5, 5.41) is 5.69. The van der Waals surface area contributed by atoms with Crippen molar-refractivity contribution in [3.05, 3.63) is 58.8 Å². The topological polar surface area (TPSA) is 65.2 Å². The second-order valence-corrected chi connectivity index (χ2v) is 9.06. The molecule has 0 radical (unpaired) electrons. The Bertz CT molecular complexity index is 1420. The molecule has 7 heteroatoms. The molecule has 0 saturated heterocycles. The molecule has 152 valence electrons. The Hall–Kier alpha value is -3.06. The Kier molecular flexibility index (Phi) is 4.43. The molecule has 0 unspecified atom stereocenters. The van der Waals surface area contributed by atoms with Gasteiger partial charge in [0.1, 0.15) is 28.2 Å². The summed E-state index contributed by atoms with van der Waals surface area (Å²) in [6.07, 6.45) is 1.73. The molecule has 0 spiro atoms. The van der Waals surface area contributed by atoms with Crippen LogP contribution in [0.1, 0.15) is 48.0 Å². The van der Waals surface area contributed by atoms with Gasteiger partial charge in [-0.25, -0.2) is 19.5 Å². The minimum atomic E-state index is 0.313. The largest absolute Gasteiger partial charge is 0.485 e. The number of rotatable bonds is 4. The van der Waals surface area contributed by atoms with Crippen molar-refractivity contribution in [3.63, 3.8) is 0 Å². The van der Waals surface area contributed by atoms with Crippen LogP contribution in [0.5, 0.6) is 5.75 Å². The van der Waals surface area contributed by atoms with Crippen molar-refractivity contribution in [2.24, 2.45) is 0 Å². The number of hydrogen-bond acceptors (Lipinski definition) is 6. The maximum absolute atomic E-state index is 6.13. The molecule has 0 aliphatic heterocycles. The highest BCUT2D eigenvalue weighted by atomic mass is 32.1. The van der Waals surface area contributed by atoms with Crippen LogP contribution in [0, 0.1) is 20.8 Å². The smallest absolute Gasteiger partial charge is 0.189 e. The summed E-state index contributed by atoms with van der Waals surface area (Å²) in [6, 6.07) is 8.42. The first-order valence-electron chi connectivity index (χ1n) is 10.0. The summed E-state index contributed by atoms with van der Waals surface area (Å²) in [5.41, 5.74) is 6.29. The van der Waals surface area contributed by atoms with Crippen molar-refractivity contribution in [2.75, 3.05) is 0 Å². The highest BCUT2D eigenvalue weighted by Crippen LogP contribution is 2.35. The van der Waals surface area contributed by atoms with E-state index >= 15 is 0 Å². The molecule has 0 N–H and O–H groups in total. The van der Waals surface area contributed by atoms with Gasteiger partial charge in [0.05, 0.1) is 5.52 Å². The third-order valence-electron chi connectivity index (χ3n) is 5.28. The van der Waals surface area contributed by atoms with Gasteiger partial charge in [-0.3, -0.25) is 0 Å². The first-order valence-corrected chi connectivity index (χ1v) is 10.9. The molecule has 0 bridgehead atoms. The first kappa shape index (κ1) is 18.9. The molecule has 4 aromatic heterocycles. The molecule has 6 nitrogen and oxygen atoms in total. The van der Waals surface area contributed by atoms with Crippen molar-refractivity contribution in [2.45, 2.75) is 47.1 Å². The minimum absolute atomic E-state index is 0.313. The average Bonchev–Trinajstić information content (AvgIpc) is 3.26. The van der Waals surface area contributed by atoms with E-state index in [9.17, 15) is 0 Å². The molecule has 1 aromatic carbocycles. The lowest BCUT2D eigenvalue weighted by molar-refractivity contribution is 0.291. The Balaban J connectivity index is 1.55. The van der Waals surface area contributed by atoms with E-state index < -0.39 is 0 Å². The lowest BCUT2D eigenvalue weighted by Gasteiger charge is -2.13. The van der Waals surface area contributed by atoms with Gasteiger partial charge in [-0.05, 0) is 55.5 Å². The van der Waals surface area contributed by atoms with E-state index in [0.29, 0.717) is 18.3 Å². The fraction of sp³-hybridized carbons (Fsp3) is 0.304. The summed E-state index contributed by atoms with van der Waals surface area (Å²) in [7, 11) is 0. The standard InChI is InChI=1S/C23H23N5OS/c1-12(2)16-7-6-13(3)8-17(16)29-10-18-26-22-21-20(24-11-28(22)27-18)19-14(4)9-15(5)25-23(19)30-21/h6-9,11-12H,10H2,1-5H3. The van der Waals surface area contributed by atoms with Crippen LogP contribution in [0.3, 0.4) is 0 Å². The van der Waals surface area contributed by atoms with Crippen molar-refractivity contribution in [3.8, 4) is 5.75 Å². The zero-order chi connectivity index (χ0) is 21.0. The van der Waals surface area contributed by atoms with E-state index in [1.807, 2.05) is 6.92 Å². The van der Waals surface area contributed by atoms with Gasteiger partial charge in [0.15, 0.2) is 11.5 Å². The number of hydrogen-bond donors (Lipinski definition) is 0. The lowest BCUT2D eigenvalue weighted by Crippen LogP contribution is -2.02. The lowest BCUT2D eigenvalue weighted by atomic mass is 10.0. The van der Waals surface area contributed by atoms with Crippen molar-refractivity contribution in [1.82, 2.24) is 24.6 Å². The normalized spacial score (nSPS) is 11.9. The molecule has 0 aliphatic carbocycles. The number of thiophene rings is 1. The van der Waals surface area contributed by atoms with Gasteiger partial charge >= 0.3 is 0 Å². The average molecular weight is 418 g/mol. The van der Waals surface area contributed by atoms with Gasteiger partial charge in [0.2, 0.25) is 0 Å². The number of pyridine rings is 1. The number of aromatic nitrogens is 5. The quantitative estimate of drug-likeness (QED) is 0.385. The van der Waals surface area contributed by atoms with Gasteiger partial charge in [-0.15, -0.1) is 16.4 Å². The maximum atomic E-state index is 6.13. The predicted octanol–water partition coefficient (Wildman–Crippen LogP) is 5.51. The predicted molar refractivity (Wildman–Crippen MR) is 121 cm³/mol. The summed E-state index contributed by atoms with van der Waals surface area (Å²) in [6.45, 7) is 10.8. The molecule has 0 aliphatic rings. The third kappa shape index (κ3) is 3.10. The summed E-state index contributed by atoms with van der Waals surface area (Å²) >= 11 is 1.62. The van der Waals surface area contributed by atoms with Crippen LogP contribution in [0.25, 0.3) is 26.1 Å². The van der Waals surface area contributed by atoms with Crippen LogP contribution in [-0.2, 0) is 6.61 Å². The van der Waals surface area contributed by atoms with Gasteiger partial charge < -0.3 is 4.74 Å². The Morgan fingerprint density at radius 2 is 1.93 bits per heavy atom. The summed E-state index contributed by atoms with van der Waals surface area (Å²) in [4.78, 5) is 15.1. The van der Waals surface area contributed by atoms with Crippen LogP contribution >= 0.6 is 11.3 Å². The molecular weight excluding hydrogens is 394 g/mol. The van der Waals surface area contributed by atoms with E-state index in [4.69, 9.17) is 14.7 Å². The van der Waals surface area contributed by atoms with E-state index in [1.54, 1.807) is 22.2 Å². The first-order chi connectivity index (χ1) is 14.4.